The molecular weight excluding hydrogens is 373 g/mol. The number of aromatic nitrogens is 2. The van der Waals surface area contributed by atoms with E-state index in [1.807, 2.05) is 4.68 Å². The number of nitrogens with two attached hydrogens (primary N) is 1. The molecule has 0 saturated heterocycles. The van der Waals surface area contributed by atoms with Crippen molar-refractivity contribution in [2.45, 2.75) is 25.9 Å². The largest absolute Gasteiger partial charge is 0.397 e. The van der Waals surface area contributed by atoms with Gasteiger partial charge in [-0.2, -0.15) is 5.10 Å². The molecule has 6 nitrogen and oxygen atoms in total. The number of nitrogens with one attached hydrogen (secondary N) is 1. The van der Waals surface area contributed by atoms with Gasteiger partial charge in [-0.15, -0.1) is 0 Å². The van der Waals surface area contributed by atoms with Crippen molar-refractivity contribution >= 4 is 41.0 Å². The summed E-state index contributed by atoms with van der Waals surface area (Å²) in [5.74, 6) is -0.0974. The lowest BCUT2D eigenvalue weighted by molar-refractivity contribution is 0.0734. The van der Waals surface area contributed by atoms with Gasteiger partial charge in [0.25, 0.3) is 5.91 Å². The smallest absolute Gasteiger partial charge is 0.254 e. The molecule has 0 aliphatic carbocycles. The maximum Gasteiger partial charge on any atom is 0.254 e. The minimum atomic E-state index is -0.0974. The number of rotatable bonds is 2. The second kappa shape index (κ2) is 6.45. The summed E-state index contributed by atoms with van der Waals surface area (Å²) >= 11 is 12.0. The quantitative estimate of drug-likeness (QED) is 0.773. The first kappa shape index (κ1) is 17.1. The Hall–Kier alpha value is -2.31. The molecule has 134 valence electrons. The Morgan fingerprint density at radius 3 is 2.77 bits per heavy atom. The Bertz CT molecular complexity index is 963. The number of aryl methyl sites for hydroxylation is 1. The third kappa shape index (κ3) is 2.70. The number of benzene rings is 1. The molecule has 1 aromatic carbocycles. The third-order valence-electron chi connectivity index (χ3n) is 4.92. The van der Waals surface area contributed by atoms with Crippen LogP contribution in [0.1, 0.15) is 33.7 Å². The van der Waals surface area contributed by atoms with E-state index in [0.29, 0.717) is 53.8 Å². The predicted octanol–water partition coefficient (Wildman–Crippen LogP) is 3.11. The van der Waals surface area contributed by atoms with Crippen LogP contribution in [0, 0.1) is 5.41 Å². The summed E-state index contributed by atoms with van der Waals surface area (Å²) in [6.07, 6.45) is 2.68. The summed E-state index contributed by atoms with van der Waals surface area (Å²) in [7, 11) is 0. The highest BCUT2D eigenvalue weighted by Gasteiger charge is 2.30. The van der Waals surface area contributed by atoms with E-state index in [1.54, 1.807) is 23.1 Å². The molecule has 3 N–H and O–H groups in total. The van der Waals surface area contributed by atoms with Gasteiger partial charge in [-0.05, 0) is 30.2 Å². The fourth-order valence-electron chi connectivity index (χ4n) is 3.54. The molecule has 26 heavy (non-hydrogen) atoms. The molecule has 8 heteroatoms. The van der Waals surface area contributed by atoms with E-state index in [2.05, 4.69) is 5.10 Å². The van der Waals surface area contributed by atoms with Crippen molar-refractivity contribution in [3.8, 4) is 0 Å². The Balaban J connectivity index is 1.67. The first-order chi connectivity index (χ1) is 12.5. The molecule has 0 fully saturated rings. The van der Waals surface area contributed by atoms with Crippen LogP contribution >= 0.6 is 23.2 Å². The van der Waals surface area contributed by atoms with E-state index in [4.69, 9.17) is 34.3 Å². The number of nitrogens with zero attached hydrogens (tertiary/aromatic N) is 3. The number of hydrogen-bond acceptors (Lipinski definition) is 4. The standard InChI is InChI=1S/C18H17Cl2N5O/c19-13-2-1-10(7-14(13)20)18(26)24-5-4-15-12(9-24)17-16(22)11(8-21)3-6-25(17)23-15/h1-2,7-8,21H,3-6,9,22H2. The number of halogens is 2. The van der Waals surface area contributed by atoms with Crippen molar-refractivity contribution in [3.63, 3.8) is 0 Å². The predicted molar refractivity (Wildman–Crippen MR) is 102 cm³/mol. The summed E-state index contributed by atoms with van der Waals surface area (Å²) in [5.41, 5.74) is 11.0. The van der Waals surface area contributed by atoms with Gasteiger partial charge in [-0.1, -0.05) is 23.2 Å². The van der Waals surface area contributed by atoms with Crippen LogP contribution in [0.5, 0.6) is 0 Å². The van der Waals surface area contributed by atoms with Gasteiger partial charge in [-0.25, -0.2) is 0 Å². The normalized spacial score (nSPS) is 16.3. The molecule has 4 rings (SSSR count). The van der Waals surface area contributed by atoms with Crippen molar-refractivity contribution < 1.29 is 4.79 Å². The highest BCUT2D eigenvalue weighted by Crippen LogP contribution is 2.31. The molecule has 1 amide bonds. The van der Waals surface area contributed by atoms with E-state index in [0.717, 1.165) is 22.5 Å². The number of carbonyl (C=O) groups excluding carboxylic acids is 1. The van der Waals surface area contributed by atoms with Crippen LogP contribution in [0.3, 0.4) is 0 Å². The molecule has 2 aromatic rings. The van der Waals surface area contributed by atoms with Crippen molar-refractivity contribution in [2.75, 3.05) is 6.54 Å². The minimum Gasteiger partial charge on any atom is -0.397 e. The Labute approximate surface area is 160 Å². The summed E-state index contributed by atoms with van der Waals surface area (Å²) < 4.78 is 1.90. The summed E-state index contributed by atoms with van der Waals surface area (Å²) in [6.45, 7) is 1.73. The molecule has 0 saturated carbocycles. The molecule has 2 aliphatic heterocycles. The van der Waals surface area contributed by atoms with Crippen molar-refractivity contribution in [1.29, 1.82) is 5.41 Å². The summed E-state index contributed by atoms with van der Waals surface area (Å²) in [6, 6.07) is 4.91. The van der Waals surface area contributed by atoms with Crippen LogP contribution in [0.4, 0.5) is 0 Å². The molecule has 0 radical (unpaired) electrons. The lowest BCUT2D eigenvalue weighted by Crippen LogP contribution is -2.36. The number of carbonyl (C=O) groups is 1. The van der Waals surface area contributed by atoms with Gasteiger partial charge < -0.3 is 16.0 Å². The number of amides is 1. The second-order valence-electron chi connectivity index (χ2n) is 6.44. The van der Waals surface area contributed by atoms with E-state index < -0.39 is 0 Å². The van der Waals surface area contributed by atoms with E-state index in [1.165, 1.54) is 6.21 Å². The van der Waals surface area contributed by atoms with Gasteiger partial charge in [0.1, 0.15) is 0 Å². The number of fused-ring (bicyclic) bond motifs is 3. The zero-order chi connectivity index (χ0) is 18.4. The second-order valence-corrected chi connectivity index (χ2v) is 7.25. The summed E-state index contributed by atoms with van der Waals surface area (Å²) in [4.78, 5) is 14.7. The van der Waals surface area contributed by atoms with E-state index in [-0.39, 0.29) is 5.91 Å². The SMILES string of the molecule is N=CC1=C(N)c2c3c(nn2CC1)CCN(C(=O)c1ccc(Cl)c(Cl)c1)C3. The fourth-order valence-corrected chi connectivity index (χ4v) is 3.84. The zero-order valence-corrected chi connectivity index (χ0v) is 15.4. The molecule has 0 unspecified atom stereocenters. The van der Waals surface area contributed by atoms with Gasteiger partial charge in [-0.3, -0.25) is 9.48 Å². The lowest BCUT2D eigenvalue weighted by Gasteiger charge is -2.28. The molecule has 0 spiro atoms. The highest BCUT2D eigenvalue weighted by molar-refractivity contribution is 6.42. The van der Waals surface area contributed by atoms with Crippen LogP contribution in [0.2, 0.25) is 10.0 Å². The number of hydrogen-bond donors (Lipinski definition) is 2. The Kier molecular flexibility index (Phi) is 4.25. The maximum atomic E-state index is 12.9. The molecular formula is C18H17Cl2N5O. The molecule has 0 bridgehead atoms. The monoisotopic (exact) mass is 389 g/mol. The van der Waals surface area contributed by atoms with Gasteiger partial charge in [0.2, 0.25) is 0 Å². The van der Waals surface area contributed by atoms with Gasteiger partial charge in [0, 0.05) is 36.9 Å². The minimum absolute atomic E-state index is 0.0974. The first-order valence-electron chi connectivity index (χ1n) is 8.32. The summed E-state index contributed by atoms with van der Waals surface area (Å²) in [5, 5.41) is 13.0. The van der Waals surface area contributed by atoms with Crippen LogP contribution in [-0.4, -0.2) is 33.3 Å². The topological polar surface area (TPSA) is 88.0 Å². The van der Waals surface area contributed by atoms with E-state index in [9.17, 15) is 4.79 Å². The van der Waals surface area contributed by atoms with E-state index >= 15 is 0 Å². The van der Waals surface area contributed by atoms with Gasteiger partial charge in [0.15, 0.2) is 0 Å². The molecule has 1 aromatic heterocycles. The van der Waals surface area contributed by atoms with Crippen molar-refractivity contribution in [1.82, 2.24) is 14.7 Å². The Morgan fingerprint density at radius 1 is 1.23 bits per heavy atom. The van der Waals surface area contributed by atoms with Gasteiger partial charge in [0.05, 0.1) is 33.7 Å². The average molecular weight is 390 g/mol. The molecule has 2 aliphatic rings. The fraction of sp³-hybridized carbons (Fsp3) is 0.278. The van der Waals surface area contributed by atoms with Crippen LogP contribution < -0.4 is 5.73 Å². The van der Waals surface area contributed by atoms with Crippen LogP contribution in [0.25, 0.3) is 5.70 Å². The van der Waals surface area contributed by atoms with Crippen molar-refractivity contribution in [2.24, 2.45) is 5.73 Å². The number of allylic oxidation sites excluding steroid dienone is 1. The van der Waals surface area contributed by atoms with Gasteiger partial charge >= 0.3 is 0 Å². The zero-order valence-electron chi connectivity index (χ0n) is 13.9. The molecule has 3 heterocycles. The highest BCUT2D eigenvalue weighted by atomic mass is 35.5. The lowest BCUT2D eigenvalue weighted by atomic mass is 9.98. The Morgan fingerprint density at radius 2 is 2.04 bits per heavy atom. The van der Waals surface area contributed by atoms with Crippen LogP contribution in [-0.2, 0) is 19.5 Å². The molecule has 0 atom stereocenters. The van der Waals surface area contributed by atoms with Crippen LogP contribution in [0.15, 0.2) is 23.8 Å². The van der Waals surface area contributed by atoms with Crippen molar-refractivity contribution in [3.05, 3.63) is 56.3 Å². The maximum absolute atomic E-state index is 12.9. The average Bonchev–Trinajstić information content (AvgIpc) is 3.02. The first-order valence-corrected chi connectivity index (χ1v) is 9.07. The third-order valence-corrected chi connectivity index (χ3v) is 5.66.